The van der Waals surface area contributed by atoms with Crippen LogP contribution < -0.4 is 0 Å². The first kappa shape index (κ1) is 13.2. The van der Waals surface area contributed by atoms with E-state index in [4.69, 9.17) is 4.74 Å². The predicted octanol–water partition coefficient (Wildman–Crippen LogP) is 2.63. The molecule has 1 unspecified atom stereocenters. The summed E-state index contributed by atoms with van der Waals surface area (Å²) in [4.78, 5) is 0. The second-order valence-electron chi connectivity index (χ2n) is 4.61. The van der Waals surface area contributed by atoms with Gasteiger partial charge >= 0.3 is 0 Å². The van der Waals surface area contributed by atoms with Gasteiger partial charge in [0.05, 0.1) is 18.8 Å². The first-order valence-electron chi connectivity index (χ1n) is 5.85. The minimum Gasteiger partial charge on any atom is -0.390 e. The first-order valence-corrected chi connectivity index (χ1v) is 5.85. The van der Waals surface area contributed by atoms with Gasteiger partial charge in [0.2, 0.25) is 0 Å². The monoisotopic (exact) mass is 222 g/mol. The smallest absolute Gasteiger partial charge is 0.0814 e. The van der Waals surface area contributed by atoms with Crippen LogP contribution in [0.4, 0.5) is 0 Å². The quantitative estimate of drug-likeness (QED) is 0.830. The molecule has 1 aromatic rings. The Morgan fingerprint density at radius 2 is 1.75 bits per heavy atom. The SMILES string of the molecule is Cc1cccc(C)c1CC(O)COC(C)C. The molecule has 0 saturated carbocycles. The summed E-state index contributed by atoms with van der Waals surface area (Å²) in [7, 11) is 0. The molecule has 16 heavy (non-hydrogen) atoms. The number of hydrogen-bond acceptors (Lipinski definition) is 2. The van der Waals surface area contributed by atoms with Gasteiger partial charge in [-0.05, 0) is 44.4 Å². The molecule has 0 aliphatic carbocycles. The third kappa shape index (κ3) is 3.95. The number of hydrogen-bond donors (Lipinski definition) is 1. The van der Waals surface area contributed by atoms with E-state index in [0.29, 0.717) is 13.0 Å². The van der Waals surface area contributed by atoms with E-state index >= 15 is 0 Å². The van der Waals surface area contributed by atoms with Crippen LogP contribution in [-0.2, 0) is 11.2 Å². The summed E-state index contributed by atoms with van der Waals surface area (Å²) >= 11 is 0. The van der Waals surface area contributed by atoms with Gasteiger partial charge in [0.1, 0.15) is 0 Å². The van der Waals surface area contributed by atoms with E-state index in [2.05, 4.69) is 26.0 Å². The van der Waals surface area contributed by atoms with Crippen molar-refractivity contribution in [3.05, 3.63) is 34.9 Å². The van der Waals surface area contributed by atoms with E-state index in [-0.39, 0.29) is 6.10 Å². The van der Waals surface area contributed by atoms with Crippen molar-refractivity contribution >= 4 is 0 Å². The van der Waals surface area contributed by atoms with E-state index in [1.54, 1.807) is 0 Å². The zero-order valence-corrected chi connectivity index (χ0v) is 10.7. The van der Waals surface area contributed by atoms with Crippen LogP contribution in [-0.4, -0.2) is 23.9 Å². The Labute approximate surface area is 98.3 Å². The summed E-state index contributed by atoms with van der Waals surface area (Å²) in [6.45, 7) is 8.53. The van der Waals surface area contributed by atoms with Crippen molar-refractivity contribution in [2.45, 2.75) is 46.3 Å². The third-order valence-corrected chi connectivity index (χ3v) is 2.71. The van der Waals surface area contributed by atoms with E-state index in [1.807, 2.05) is 19.9 Å². The molecule has 2 nitrogen and oxygen atoms in total. The zero-order chi connectivity index (χ0) is 12.1. The molecule has 0 amide bonds. The summed E-state index contributed by atoms with van der Waals surface area (Å²) in [5, 5.41) is 9.88. The number of aliphatic hydroxyl groups excluding tert-OH is 1. The fourth-order valence-electron chi connectivity index (χ4n) is 1.77. The normalized spacial score (nSPS) is 13.1. The molecule has 0 saturated heterocycles. The van der Waals surface area contributed by atoms with Crippen molar-refractivity contribution < 1.29 is 9.84 Å². The van der Waals surface area contributed by atoms with Gasteiger partial charge < -0.3 is 9.84 Å². The molecule has 0 aromatic heterocycles. The molecule has 1 N–H and O–H groups in total. The topological polar surface area (TPSA) is 29.5 Å². The molecule has 0 heterocycles. The van der Waals surface area contributed by atoms with Crippen molar-refractivity contribution in [1.82, 2.24) is 0 Å². The van der Waals surface area contributed by atoms with E-state index < -0.39 is 6.10 Å². The van der Waals surface area contributed by atoms with E-state index in [0.717, 1.165) is 0 Å². The second-order valence-corrected chi connectivity index (χ2v) is 4.61. The highest BCUT2D eigenvalue weighted by Crippen LogP contribution is 2.15. The average molecular weight is 222 g/mol. The molecule has 0 aliphatic rings. The van der Waals surface area contributed by atoms with Crippen molar-refractivity contribution in [2.24, 2.45) is 0 Å². The van der Waals surface area contributed by atoms with E-state index in [1.165, 1.54) is 16.7 Å². The molecule has 1 aromatic carbocycles. The maximum absolute atomic E-state index is 9.88. The Bertz CT molecular complexity index is 311. The van der Waals surface area contributed by atoms with Gasteiger partial charge in [-0.3, -0.25) is 0 Å². The number of aliphatic hydroxyl groups is 1. The third-order valence-electron chi connectivity index (χ3n) is 2.71. The lowest BCUT2D eigenvalue weighted by Gasteiger charge is -2.16. The van der Waals surface area contributed by atoms with Gasteiger partial charge in [-0.25, -0.2) is 0 Å². The van der Waals surface area contributed by atoms with Crippen LogP contribution in [0.25, 0.3) is 0 Å². The van der Waals surface area contributed by atoms with Crippen molar-refractivity contribution in [3.63, 3.8) is 0 Å². The first-order chi connectivity index (χ1) is 7.50. The average Bonchev–Trinajstić information content (AvgIpc) is 2.21. The van der Waals surface area contributed by atoms with Crippen molar-refractivity contribution in [3.8, 4) is 0 Å². The van der Waals surface area contributed by atoms with Crippen LogP contribution in [0, 0.1) is 13.8 Å². The maximum atomic E-state index is 9.88. The second kappa shape index (κ2) is 6.02. The van der Waals surface area contributed by atoms with Crippen molar-refractivity contribution in [2.75, 3.05) is 6.61 Å². The molecular weight excluding hydrogens is 200 g/mol. The lowest BCUT2D eigenvalue weighted by Crippen LogP contribution is -2.21. The van der Waals surface area contributed by atoms with Crippen LogP contribution >= 0.6 is 0 Å². The fourth-order valence-corrected chi connectivity index (χ4v) is 1.77. The predicted molar refractivity (Wildman–Crippen MR) is 66.7 cm³/mol. The highest BCUT2D eigenvalue weighted by Gasteiger charge is 2.10. The molecule has 2 heteroatoms. The van der Waals surface area contributed by atoms with Gasteiger partial charge in [0.25, 0.3) is 0 Å². The van der Waals surface area contributed by atoms with Crippen LogP contribution in [0.15, 0.2) is 18.2 Å². The van der Waals surface area contributed by atoms with Crippen LogP contribution in [0.1, 0.15) is 30.5 Å². The molecule has 0 aliphatic heterocycles. The number of rotatable bonds is 5. The standard InChI is InChI=1S/C14H22O2/c1-10(2)16-9-13(15)8-14-11(3)6-5-7-12(14)4/h5-7,10,13,15H,8-9H2,1-4H3. The summed E-state index contributed by atoms with van der Waals surface area (Å²) in [6, 6.07) is 6.21. The van der Waals surface area contributed by atoms with Gasteiger partial charge in [-0.15, -0.1) is 0 Å². The zero-order valence-electron chi connectivity index (χ0n) is 10.7. The lowest BCUT2D eigenvalue weighted by molar-refractivity contribution is 0.00611. The van der Waals surface area contributed by atoms with Gasteiger partial charge in [0.15, 0.2) is 0 Å². The minimum absolute atomic E-state index is 0.174. The number of aryl methyl sites for hydroxylation is 2. The maximum Gasteiger partial charge on any atom is 0.0814 e. The summed E-state index contributed by atoms with van der Waals surface area (Å²) in [5.41, 5.74) is 3.72. The number of benzene rings is 1. The largest absolute Gasteiger partial charge is 0.390 e. The van der Waals surface area contributed by atoms with Gasteiger partial charge in [0, 0.05) is 6.42 Å². The Morgan fingerprint density at radius 3 is 2.25 bits per heavy atom. The minimum atomic E-state index is -0.415. The Morgan fingerprint density at radius 1 is 1.19 bits per heavy atom. The van der Waals surface area contributed by atoms with Crippen LogP contribution in [0.2, 0.25) is 0 Å². The molecule has 1 atom stereocenters. The van der Waals surface area contributed by atoms with Gasteiger partial charge in [-0.2, -0.15) is 0 Å². The molecule has 0 fully saturated rings. The number of ether oxygens (including phenoxy) is 1. The lowest BCUT2D eigenvalue weighted by atomic mass is 9.98. The molecule has 90 valence electrons. The summed E-state index contributed by atoms with van der Waals surface area (Å²) in [5.74, 6) is 0. The van der Waals surface area contributed by atoms with E-state index in [9.17, 15) is 5.11 Å². The molecule has 1 rings (SSSR count). The Balaban J connectivity index is 2.59. The van der Waals surface area contributed by atoms with Gasteiger partial charge in [-0.1, -0.05) is 18.2 Å². The molecule has 0 bridgehead atoms. The van der Waals surface area contributed by atoms with Crippen LogP contribution in [0.3, 0.4) is 0 Å². The van der Waals surface area contributed by atoms with Crippen LogP contribution in [0.5, 0.6) is 0 Å². The highest BCUT2D eigenvalue weighted by atomic mass is 16.5. The molecular formula is C14H22O2. The summed E-state index contributed by atoms with van der Waals surface area (Å²) < 4.78 is 5.41. The Kier molecular flexibility index (Phi) is 4.97. The fraction of sp³-hybridized carbons (Fsp3) is 0.571. The summed E-state index contributed by atoms with van der Waals surface area (Å²) in [6.07, 6.45) is 0.431. The van der Waals surface area contributed by atoms with Crippen molar-refractivity contribution in [1.29, 1.82) is 0 Å². The highest BCUT2D eigenvalue weighted by molar-refractivity contribution is 5.33. The molecule has 0 spiro atoms. The Hall–Kier alpha value is -0.860. The molecule has 0 radical (unpaired) electrons.